The molecule has 1 N–H and O–H groups in total. The van der Waals surface area contributed by atoms with Crippen molar-refractivity contribution in [3.8, 4) is 5.75 Å². The Hall–Kier alpha value is -1.69. The van der Waals surface area contributed by atoms with Crippen molar-refractivity contribution in [1.29, 1.82) is 0 Å². The number of para-hydroxylation sites is 1. The van der Waals surface area contributed by atoms with Crippen molar-refractivity contribution in [3.63, 3.8) is 0 Å². The van der Waals surface area contributed by atoms with Crippen LogP contribution in [0.25, 0.3) is 10.9 Å². The zero-order chi connectivity index (χ0) is 14.9. The second-order valence-corrected chi connectivity index (χ2v) is 4.59. The molecule has 114 valence electrons. The van der Waals surface area contributed by atoms with Crippen LogP contribution in [0.15, 0.2) is 30.3 Å². The smallest absolute Gasteiger partial charge is 0.130 e. The molecule has 0 saturated carbocycles. The predicted molar refractivity (Wildman–Crippen MR) is 80.5 cm³/mol. The lowest BCUT2D eigenvalue weighted by Crippen LogP contribution is -2.09. The second-order valence-electron chi connectivity index (χ2n) is 4.59. The first kappa shape index (κ1) is 15.7. The molecule has 21 heavy (non-hydrogen) atoms. The third-order valence-electron chi connectivity index (χ3n) is 3.02. The molecule has 0 radical (unpaired) electrons. The molecule has 5 heteroatoms. The lowest BCUT2D eigenvalue weighted by Gasteiger charge is -2.11. The summed E-state index contributed by atoms with van der Waals surface area (Å²) in [6.07, 6.45) is 0.878. The maximum absolute atomic E-state index is 9.26. The Morgan fingerprint density at radius 2 is 1.95 bits per heavy atom. The Kier molecular flexibility index (Phi) is 6.40. The molecule has 0 amide bonds. The van der Waals surface area contributed by atoms with Crippen LogP contribution >= 0.6 is 0 Å². The number of nitrogens with zero attached hydrogens (tertiary/aromatic N) is 1. The van der Waals surface area contributed by atoms with Crippen molar-refractivity contribution < 1.29 is 19.3 Å². The van der Waals surface area contributed by atoms with Crippen molar-refractivity contribution in [2.24, 2.45) is 0 Å². The summed E-state index contributed by atoms with van der Waals surface area (Å²) in [7, 11) is 1.68. The van der Waals surface area contributed by atoms with Gasteiger partial charge in [-0.15, -0.1) is 0 Å². The normalized spacial score (nSPS) is 11.0. The highest BCUT2D eigenvalue weighted by atomic mass is 16.5. The van der Waals surface area contributed by atoms with Crippen molar-refractivity contribution in [2.75, 3.05) is 33.5 Å². The molecule has 0 aliphatic heterocycles. The highest BCUT2D eigenvalue weighted by Gasteiger charge is 2.06. The van der Waals surface area contributed by atoms with Crippen LogP contribution in [0.5, 0.6) is 5.75 Å². The fraction of sp³-hybridized carbons (Fsp3) is 0.438. The van der Waals surface area contributed by atoms with Crippen LogP contribution in [0.3, 0.4) is 0 Å². The molecule has 2 aromatic rings. The molecular weight excluding hydrogens is 270 g/mol. The standard InChI is InChI=1S/C16H21NO4/c1-19-7-4-8-20-9-10-21-16-11-13(12-18)17-15-6-3-2-5-14(15)16/h2-3,5-6,11,18H,4,7-10,12H2,1H3. The van der Waals surface area contributed by atoms with Gasteiger partial charge in [0.15, 0.2) is 0 Å². The van der Waals surface area contributed by atoms with Crippen molar-refractivity contribution in [1.82, 2.24) is 4.98 Å². The lowest BCUT2D eigenvalue weighted by molar-refractivity contribution is 0.0809. The summed E-state index contributed by atoms with van der Waals surface area (Å²) in [4.78, 5) is 4.36. The molecule has 0 bridgehead atoms. The third-order valence-corrected chi connectivity index (χ3v) is 3.02. The van der Waals surface area contributed by atoms with Gasteiger partial charge >= 0.3 is 0 Å². The van der Waals surface area contributed by atoms with E-state index in [1.807, 2.05) is 24.3 Å². The lowest BCUT2D eigenvalue weighted by atomic mass is 10.2. The van der Waals surface area contributed by atoms with Crippen LogP contribution < -0.4 is 4.74 Å². The number of methoxy groups -OCH3 is 1. The Balaban J connectivity index is 1.91. The highest BCUT2D eigenvalue weighted by Crippen LogP contribution is 2.25. The minimum Gasteiger partial charge on any atom is -0.490 e. The van der Waals surface area contributed by atoms with Crippen molar-refractivity contribution >= 4 is 10.9 Å². The van der Waals surface area contributed by atoms with E-state index >= 15 is 0 Å². The average Bonchev–Trinajstić information content (AvgIpc) is 2.53. The molecule has 0 aliphatic carbocycles. The predicted octanol–water partition coefficient (Wildman–Crippen LogP) is 2.16. The Labute approximate surface area is 124 Å². The number of aromatic nitrogens is 1. The number of hydrogen-bond donors (Lipinski definition) is 1. The number of ether oxygens (including phenoxy) is 3. The minimum absolute atomic E-state index is 0.102. The molecular formula is C16H21NO4. The summed E-state index contributed by atoms with van der Waals surface area (Å²) in [6.45, 7) is 2.25. The average molecular weight is 291 g/mol. The molecule has 1 aromatic heterocycles. The Bertz CT molecular complexity index is 559. The van der Waals surface area contributed by atoms with Gasteiger partial charge in [0.2, 0.25) is 0 Å². The number of benzene rings is 1. The summed E-state index contributed by atoms with van der Waals surface area (Å²) in [5.41, 5.74) is 1.42. The van der Waals surface area contributed by atoms with Crippen molar-refractivity contribution in [2.45, 2.75) is 13.0 Å². The number of pyridine rings is 1. The van der Waals surface area contributed by atoms with E-state index < -0.39 is 0 Å². The van der Waals surface area contributed by atoms with Crippen LogP contribution in [-0.2, 0) is 16.1 Å². The van der Waals surface area contributed by atoms with E-state index in [0.29, 0.717) is 32.1 Å². The fourth-order valence-corrected chi connectivity index (χ4v) is 2.01. The van der Waals surface area contributed by atoms with Crippen LogP contribution in [-0.4, -0.2) is 43.6 Å². The largest absolute Gasteiger partial charge is 0.490 e. The van der Waals surface area contributed by atoms with Crippen LogP contribution in [0.4, 0.5) is 0 Å². The number of fused-ring (bicyclic) bond motifs is 1. The molecule has 5 nitrogen and oxygen atoms in total. The van der Waals surface area contributed by atoms with Crippen LogP contribution in [0.1, 0.15) is 12.1 Å². The molecule has 0 saturated heterocycles. The summed E-state index contributed by atoms with van der Waals surface area (Å²) in [5, 5.41) is 10.2. The first-order valence-electron chi connectivity index (χ1n) is 7.04. The highest BCUT2D eigenvalue weighted by molar-refractivity contribution is 5.85. The topological polar surface area (TPSA) is 60.8 Å². The zero-order valence-electron chi connectivity index (χ0n) is 12.2. The van der Waals surface area contributed by atoms with E-state index in [4.69, 9.17) is 14.2 Å². The molecule has 1 aromatic carbocycles. The monoisotopic (exact) mass is 291 g/mol. The number of hydrogen-bond acceptors (Lipinski definition) is 5. The third kappa shape index (κ3) is 4.67. The first-order valence-corrected chi connectivity index (χ1v) is 7.04. The van der Waals surface area contributed by atoms with Gasteiger partial charge in [-0.2, -0.15) is 0 Å². The van der Waals surface area contributed by atoms with Gasteiger partial charge in [0.05, 0.1) is 24.4 Å². The van der Waals surface area contributed by atoms with Gasteiger partial charge in [-0.1, -0.05) is 12.1 Å². The van der Waals surface area contributed by atoms with Crippen molar-refractivity contribution in [3.05, 3.63) is 36.0 Å². The van der Waals surface area contributed by atoms with E-state index in [1.54, 1.807) is 13.2 Å². The van der Waals surface area contributed by atoms with Gasteiger partial charge in [0.1, 0.15) is 12.4 Å². The first-order chi connectivity index (χ1) is 10.3. The van der Waals surface area contributed by atoms with E-state index in [9.17, 15) is 5.11 Å². The second kappa shape index (κ2) is 8.56. The van der Waals surface area contributed by atoms with Gasteiger partial charge < -0.3 is 19.3 Å². The molecule has 1 heterocycles. The maximum Gasteiger partial charge on any atom is 0.130 e. The van der Waals surface area contributed by atoms with E-state index in [0.717, 1.165) is 23.1 Å². The van der Waals surface area contributed by atoms with Crippen LogP contribution in [0, 0.1) is 0 Å². The number of aliphatic hydroxyl groups is 1. The Morgan fingerprint density at radius 1 is 1.10 bits per heavy atom. The molecule has 0 unspecified atom stereocenters. The maximum atomic E-state index is 9.26. The number of rotatable bonds is 9. The molecule has 2 rings (SSSR count). The van der Waals surface area contributed by atoms with E-state index in [1.165, 1.54) is 0 Å². The quantitative estimate of drug-likeness (QED) is 0.717. The zero-order valence-corrected chi connectivity index (χ0v) is 12.2. The summed E-state index contributed by atoms with van der Waals surface area (Å²) >= 11 is 0. The summed E-state index contributed by atoms with van der Waals surface area (Å²) in [5.74, 6) is 0.727. The SMILES string of the molecule is COCCCOCCOc1cc(CO)nc2ccccc12. The fourth-order valence-electron chi connectivity index (χ4n) is 2.01. The molecule has 0 spiro atoms. The number of aliphatic hydroxyl groups excluding tert-OH is 1. The summed E-state index contributed by atoms with van der Waals surface area (Å²) in [6, 6.07) is 9.49. The van der Waals surface area contributed by atoms with Gasteiger partial charge in [-0.3, -0.25) is 4.98 Å². The summed E-state index contributed by atoms with van der Waals surface area (Å²) < 4.78 is 16.2. The Morgan fingerprint density at radius 3 is 2.76 bits per heavy atom. The molecule has 0 aliphatic rings. The van der Waals surface area contributed by atoms with Gasteiger partial charge in [0, 0.05) is 31.8 Å². The molecule has 0 atom stereocenters. The van der Waals surface area contributed by atoms with Gasteiger partial charge in [-0.25, -0.2) is 0 Å². The van der Waals surface area contributed by atoms with E-state index in [2.05, 4.69) is 4.98 Å². The van der Waals surface area contributed by atoms with Crippen LogP contribution in [0.2, 0.25) is 0 Å². The van der Waals surface area contributed by atoms with E-state index in [-0.39, 0.29) is 6.61 Å². The minimum atomic E-state index is -0.102. The van der Waals surface area contributed by atoms with Gasteiger partial charge in [-0.05, 0) is 18.6 Å². The molecule has 0 fully saturated rings. The van der Waals surface area contributed by atoms with Gasteiger partial charge in [0.25, 0.3) is 0 Å².